The van der Waals surface area contributed by atoms with E-state index in [4.69, 9.17) is 0 Å². The zero-order valence-electron chi connectivity index (χ0n) is 17.9. The van der Waals surface area contributed by atoms with Crippen molar-refractivity contribution in [2.75, 3.05) is 13.1 Å². The molecule has 1 spiro atoms. The summed E-state index contributed by atoms with van der Waals surface area (Å²) in [5.41, 5.74) is 2.14. The Morgan fingerprint density at radius 3 is 2.56 bits per heavy atom. The third kappa shape index (κ3) is 3.88. The molecule has 8 heteroatoms. The summed E-state index contributed by atoms with van der Waals surface area (Å²) in [5.74, 6) is -0.174. The van der Waals surface area contributed by atoms with E-state index in [1.54, 1.807) is 24.7 Å². The number of carbonyl (C=O) groups excluding carboxylic acids is 2. The van der Waals surface area contributed by atoms with E-state index in [1.165, 1.54) is 0 Å². The van der Waals surface area contributed by atoms with Gasteiger partial charge in [0.1, 0.15) is 0 Å². The highest BCUT2D eigenvalue weighted by molar-refractivity contribution is 5.94. The van der Waals surface area contributed by atoms with Crippen LogP contribution in [0.4, 0.5) is 0 Å². The Bertz CT molecular complexity index is 1090. The highest BCUT2D eigenvalue weighted by Gasteiger charge is 2.50. The van der Waals surface area contributed by atoms with Gasteiger partial charge in [-0.05, 0) is 48.8 Å². The van der Waals surface area contributed by atoms with Crippen LogP contribution in [0.1, 0.15) is 58.1 Å². The maximum atomic E-state index is 12.7. The van der Waals surface area contributed by atoms with Crippen LogP contribution in [0, 0.1) is 5.41 Å². The number of aromatic nitrogens is 4. The molecule has 32 heavy (non-hydrogen) atoms. The van der Waals surface area contributed by atoms with Gasteiger partial charge in [-0.1, -0.05) is 35.5 Å². The van der Waals surface area contributed by atoms with Crippen molar-refractivity contribution in [1.82, 2.24) is 30.2 Å². The molecule has 8 nitrogen and oxygen atoms in total. The zero-order valence-corrected chi connectivity index (χ0v) is 17.9. The van der Waals surface area contributed by atoms with Gasteiger partial charge in [0.25, 0.3) is 11.8 Å². The van der Waals surface area contributed by atoms with Gasteiger partial charge in [0.15, 0.2) is 5.69 Å². The Hall–Kier alpha value is -3.55. The van der Waals surface area contributed by atoms with Crippen molar-refractivity contribution < 1.29 is 9.59 Å². The summed E-state index contributed by atoms with van der Waals surface area (Å²) in [7, 11) is 0. The molecule has 2 aliphatic rings. The zero-order chi connectivity index (χ0) is 22.0. The summed E-state index contributed by atoms with van der Waals surface area (Å²) in [6, 6.07) is 13.6. The first-order valence-electron chi connectivity index (χ1n) is 11.1. The Balaban J connectivity index is 1.19. The van der Waals surface area contributed by atoms with Gasteiger partial charge in [-0.15, -0.1) is 5.10 Å². The Morgan fingerprint density at radius 1 is 1.06 bits per heavy atom. The largest absolute Gasteiger partial charge is 0.347 e. The van der Waals surface area contributed by atoms with Gasteiger partial charge in [0.05, 0.1) is 17.8 Å². The van der Waals surface area contributed by atoms with Crippen molar-refractivity contribution in [2.45, 2.75) is 38.3 Å². The molecule has 2 fully saturated rings. The van der Waals surface area contributed by atoms with E-state index in [1.807, 2.05) is 46.0 Å². The molecule has 1 saturated heterocycles. The molecule has 1 aliphatic carbocycles. The molecule has 1 atom stereocenters. The van der Waals surface area contributed by atoms with Crippen LogP contribution in [-0.4, -0.2) is 49.8 Å². The van der Waals surface area contributed by atoms with E-state index in [9.17, 15) is 9.59 Å². The Kier molecular flexibility index (Phi) is 5.43. The lowest BCUT2D eigenvalue weighted by atomic mass is 9.59. The van der Waals surface area contributed by atoms with E-state index < -0.39 is 0 Å². The molecule has 1 unspecified atom stereocenters. The minimum atomic E-state index is -0.217. The van der Waals surface area contributed by atoms with E-state index >= 15 is 0 Å². The summed E-state index contributed by atoms with van der Waals surface area (Å²) in [5, 5.41) is 11.3. The fourth-order valence-corrected chi connectivity index (χ4v) is 4.91. The number of benzene rings is 1. The molecule has 1 aromatic carbocycles. The normalized spacial score (nSPS) is 19.4. The molecule has 3 heterocycles. The highest BCUT2D eigenvalue weighted by Crippen LogP contribution is 2.56. The molecule has 1 aliphatic heterocycles. The molecule has 0 radical (unpaired) electrons. The van der Waals surface area contributed by atoms with Gasteiger partial charge < -0.3 is 10.2 Å². The lowest BCUT2D eigenvalue weighted by Crippen LogP contribution is -2.51. The first-order chi connectivity index (χ1) is 15.6. The lowest BCUT2D eigenvalue weighted by Gasteiger charge is -2.53. The van der Waals surface area contributed by atoms with E-state index in [0.29, 0.717) is 17.8 Å². The summed E-state index contributed by atoms with van der Waals surface area (Å²) >= 11 is 0. The molecule has 164 valence electrons. The smallest absolute Gasteiger partial charge is 0.273 e. The van der Waals surface area contributed by atoms with Crippen LogP contribution >= 0.6 is 0 Å². The van der Waals surface area contributed by atoms with E-state index in [0.717, 1.165) is 44.3 Å². The maximum Gasteiger partial charge on any atom is 0.273 e. The second kappa shape index (κ2) is 8.53. The molecule has 5 rings (SSSR count). The summed E-state index contributed by atoms with van der Waals surface area (Å²) < 4.78 is 1.86. The average Bonchev–Trinajstić information content (AvgIpc) is 3.32. The third-order valence-corrected chi connectivity index (χ3v) is 6.94. The van der Waals surface area contributed by atoms with Gasteiger partial charge in [-0.3, -0.25) is 14.6 Å². The predicted molar refractivity (Wildman–Crippen MR) is 118 cm³/mol. The monoisotopic (exact) mass is 430 g/mol. The minimum absolute atomic E-state index is 0.0435. The fourth-order valence-electron chi connectivity index (χ4n) is 4.91. The fraction of sp³-hybridized carbons (Fsp3) is 0.375. The van der Waals surface area contributed by atoms with Crippen molar-refractivity contribution in [3.63, 3.8) is 0 Å². The van der Waals surface area contributed by atoms with Crippen molar-refractivity contribution >= 4 is 11.8 Å². The molecular formula is C24H26N6O2. The quantitative estimate of drug-likeness (QED) is 0.672. The topological polar surface area (TPSA) is 93.0 Å². The third-order valence-electron chi connectivity index (χ3n) is 6.94. The van der Waals surface area contributed by atoms with Crippen LogP contribution in [-0.2, 0) is 6.54 Å². The number of hydrogen-bond acceptors (Lipinski definition) is 5. The Morgan fingerprint density at radius 2 is 1.88 bits per heavy atom. The number of likely N-dealkylation sites (tertiary alicyclic amines) is 1. The molecule has 1 N–H and O–H groups in total. The van der Waals surface area contributed by atoms with Crippen LogP contribution in [0.15, 0.2) is 61.1 Å². The number of carbonyl (C=O) groups is 2. The van der Waals surface area contributed by atoms with Crippen molar-refractivity contribution in [3.8, 4) is 0 Å². The standard InChI is InChI=1S/C24H26N6O2/c31-22(26-15-18-5-2-1-3-6-18)20-17-30(28-27-20)21-8-9-24(21)10-13-29(14-11-24)23(32)19-7-4-12-25-16-19/h1-7,12,16-17,21H,8-11,13-15H2,(H,26,31). The average molecular weight is 431 g/mol. The molecule has 1 saturated carbocycles. The molecule has 2 aromatic heterocycles. The van der Waals surface area contributed by atoms with Gasteiger partial charge in [0.2, 0.25) is 0 Å². The number of nitrogens with zero attached hydrogens (tertiary/aromatic N) is 5. The summed E-state index contributed by atoms with van der Waals surface area (Å²) in [6.45, 7) is 1.91. The van der Waals surface area contributed by atoms with Crippen molar-refractivity contribution in [2.24, 2.45) is 5.41 Å². The van der Waals surface area contributed by atoms with Gasteiger partial charge in [0, 0.05) is 32.0 Å². The number of piperidine rings is 1. The lowest BCUT2D eigenvalue weighted by molar-refractivity contribution is -0.0268. The molecular weight excluding hydrogens is 404 g/mol. The Labute approximate surface area is 186 Å². The second-order valence-electron chi connectivity index (χ2n) is 8.70. The molecule has 2 amide bonds. The number of pyridine rings is 1. The number of hydrogen-bond donors (Lipinski definition) is 1. The highest BCUT2D eigenvalue weighted by atomic mass is 16.2. The van der Waals surface area contributed by atoms with E-state index in [-0.39, 0.29) is 23.3 Å². The van der Waals surface area contributed by atoms with Crippen LogP contribution in [0.3, 0.4) is 0 Å². The maximum absolute atomic E-state index is 12.7. The first-order valence-corrected chi connectivity index (χ1v) is 11.1. The minimum Gasteiger partial charge on any atom is -0.347 e. The van der Waals surface area contributed by atoms with Crippen LogP contribution in [0.25, 0.3) is 0 Å². The van der Waals surface area contributed by atoms with Crippen molar-refractivity contribution in [1.29, 1.82) is 0 Å². The predicted octanol–water partition coefficient (Wildman–Crippen LogP) is 2.86. The molecule has 3 aromatic rings. The first kappa shape index (κ1) is 20.4. The second-order valence-corrected chi connectivity index (χ2v) is 8.70. The van der Waals surface area contributed by atoms with Crippen LogP contribution < -0.4 is 5.32 Å². The van der Waals surface area contributed by atoms with Crippen molar-refractivity contribution in [3.05, 3.63) is 77.9 Å². The van der Waals surface area contributed by atoms with Crippen LogP contribution in [0.2, 0.25) is 0 Å². The van der Waals surface area contributed by atoms with Gasteiger partial charge >= 0.3 is 0 Å². The number of amides is 2. The summed E-state index contributed by atoms with van der Waals surface area (Å²) in [6.07, 6.45) is 9.05. The number of rotatable bonds is 5. The molecule has 0 bridgehead atoms. The van der Waals surface area contributed by atoms with Crippen LogP contribution in [0.5, 0.6) is 0 Å². The summed E-state index contributed by atoms with van der Waals surface area (Å²) in [4.78, 5) is 31.2. The number of nitrogens with one attached hydrogen (secondary N) is 1. The van der Waals surface area contributed by atoms with E-state index in [2.05, 4.69) is 20.6 Å². The van der Waals surface area contributed by atoms with Gasteiger partial charge in [-0.2, -0.15) is 0 Å². The SMILES string of the molecule is O=C(NCc1ccccc1)c1cn(C2CCC23CCN(C(=O)c2cccnc2)CC3)nn1. The van der Waals surface area contributed by atoms with Gasteiger partial charge in [-0.25, -0.2) is 4.68 Å².